The van der Waals surface area contributed by atoms with Crippen LogP contribution in [0.25, 0.3) is 0 Å². The summed E-state index contributed by atoms with van der Waals surface area (Å²) in [7, 11) is 0. The van der Waals surface area contributed by atoms with Gasteiger partial charge in [-0.05, 0) is 50.4 Å². The zero-order valence-electron chi connectivity index (χ0n) is 13.2. The molecule has 22 heavy (non-hydrogen) atoms. The zero-order chi connectivity index (χ0) is 17.3. The molecule has 0 bridgehead atoms. The predicted octanol–water partition coefficient (Wildman–Crippen LogP) is 3.08. The molecule has 0 heterocycles. The van der Waals surface area contributed by atoms with Gasteiger partial charge in [0, 0.05) is 5.54 Å². The van der Waals surface area contributed by atoms with Crippen molar-refractivity contribution in [2.75, 3.05) is 0 Å². The third-order valence-electron chi connectivity index (χ3n) is 3.45. The van der Waals surface area contributed by atoms with Crippen LogP contribution in [0.5, 0.6) is 0 Å². The van der Waals surface area contributed by atoms with E-state index in [2.05, 4.69) is 16.0 Å². The lowest BCUT2D eigenvalue weighted by Gasteiger charge is -2.21. The fraction of sp³-hybridized carbons (Fsp3) is 0.643. The van der Waals surface area contributed by atoms with Crippen LogP contribution in [0, 0.1) is 17.3 Å². The van der Waals surface area contributed by atoms with Gasteiger partial charge in [-0.2, -0.15) is 0 Å². The Hall–Kier alpha value is -0.850. The van der Waals surface area contributed by atoms with Crippen LogP contribution < -0.4 is 16.0 Å². The molecule has 1 fully saturated rings. The van der Waals surface area contributed by atoms with Crippen molar-refractivity contribution in [2.45, 2.75) is 40.2 Å². The van der Waals surface area contributed by atoms with E-state index in [0.717, 1.165) is 0 Å². The van der Waals surface area contributed by atoms with E-state index in [0.29, 0.717) is 0 Å². The summed E-state index contributed by atoms with van der Waals surface area (Å²) < 4.78 is 0.138. The number of rotatable bonds is 2. The van der Waals surface area contributed by atoms with E-state index >= 15 is 0 Å². The lowest BCUT2D eigenvalue weighted by atomic mass is 10.1. The Morgan fingerprint density at radius 1 is 1.18 bits per heavy atom. The SMILES string of the molecule is CC(C)(C)NC(=O)NC(=S)NC(=O)C1C(C=C(Cl)Cl)C1(C)C. The second-order valence-corrected chi connectivity index (χ2v) is 8.34. The zero-order valence-corrected chi connectivity index (χ0v) is 15.5. The minimum absolute atomic E-state index is 0.0332. The molecule has 0 aromatic heterocycles. The molecule has 1 aliphatic carbocycles. The number of allylic oxidation sites excluding steroid dienone is 1. The number of amides is 3. The first-order valence-corrected chi connectivity index (χ1v) is 7.98. The van der Waals surface area contributed by atoms with Crippen molar-refractivity contribution in [3.63, 3.8) is 0 Å². The van der Waals surface area contributed by atoms with Gasteiger partial charge in [0.15, 0.2) is 5.11 Å². The highest BCUT2D eigenvalue weighted by Crippen LogP contribution is 2.59. The van der Waals surface area contributed by atoms with Gasteiger partial charge in [0.05, 0.1) is 5.92 Å². The lowest BCUT2D eigenvalue weighted by molar-refractivity contribution is -0.121. The minimum atomic E-state index is -0.465. The Balaban J connectivity index is 2.54. The molecule has 1 aliphatic rings. The number of carbonyl (C=O) groups is 2. The summed E-state index contributed by atoms with van der Waals surface area (Å²) in [6, 6.07) is -0.465. The molecule has 3 N–H and O–H groups in total. The third-order valence-corrected chi connectivity index (χ3v) is 3.91. The molecule has 3 amide bonds. The largest absolute Gasteiger partial charge is 0.333 e. The number of hydrogen-bond acceptors (Lipinski definition) is 3. The monoisotopic (exact) mass is 365 g/mol. The van der Waals surface area contributed by atoms with Crippen molar-refractivity contribution < 1.29 is 9.59 Å². The van der Waals surface area contributed by atoms with Crippen LogP contribution in [-0.2, 0) is 4.79 Å². The Kier molecular flexibility index (Phi) is 5.87. The van der Waals surface area contributed by atoms with Gasteiger partial charge in [-0.25, -0.2) is 4.79 Å². The maximum absolute atomic E-state index is 12.2. The molecule has 5 nitrogen and oxygen atoms in total. The van der Waals surface area contributed by atoms with Crippen LogP contribution in [0.4, 0.5) is 4.79 Å². The number of thiocarbonyl (C=S) groups is 1. The quantitative estimate of drug-likeness (QED) is 0.658. The number of hydrogen-bond donors (Lipinski definition) is 3. The van der Waals surface area contributed by atoms with Crippen molar-refractivity contribution in [2.24, 2.45) is 17.3 Å². The molecule has 2 unspecified atom stereocenters. The molecule has 8 heteroatoms. The first-order valence-electron chi connectivity index (χ1n) is 6.81. The molecule has 0 radical (unpaired) electrons. The van der Waals surface area contributed by atoms with Gasteiger partial charge < -0.3 is 10.6 Å². The third kappa shape index (κ3) is 5.41. The number of urea groups is 1. The standard InChI is InChI=1S/C14H21Cl2N3O2S/c1-13(2,3)19-11(21)18-12(22)17-10(20)9-7(6-8(15)16)14(9,4)5/h6-7,9H,1-5H3,(H3,17,18,19,20,21,22). The van der Waals surface area contributed by atoms with Gasteiger partial charge in [0.1, 0.15) is 4.49 Å². The average Bonchev–Trinajstić information content (AvgIpc) is 2.75. The molecule has 0 saturated heterocycles. The fourth-order valence-corrected chi connectivity index (χ4v) is 2.79. The average molecular weight is 366 g/mol. The Bertz CT molecular complexity index is 523. The van der Waals surface area contributed by atoms with Gasteiger partial charge >= 0.3 is 6.03 Å². The molecule has 1 saturated carbocycles. The maximum Gasteiger partial charge on any atom is 0.321 e. The number of nitrogens with one attached hydrogen (secondary N) is 3. The Morgan fingerprint density at radius 2 is 1.73 bits per heavy atom. The lowest BCUT2D eigenvalue weighted by Crippen LogP contribution is -2.51. The summed E-state index contributed by atoms with van der Waals surface area (Å²) in [4.78, 5) is 23.9. The van der Waals surface area contributed by atoms with E-state index in [9.17, 15) is 9.59 Å². The van der Waals surface area contributed by atoms with Crippen LogP contribution in [0.1, 0.15) is 34.6 Å². The highest BCUT2D eigenvalue weighted by atomic mass is 35.5. The van der Waals surface area contributed by atoms with Crippen molar-refractivity contribution >= 4 is 52.5 Å². The van der Waals surface area contributed by atoms with E-state index < -0.39 is 11.6 Å². The fourth-order valence-electron chi connectivity index (χ4n) is 2.32. The molecular weight excluding hydrogens is 345 g/mol. The van der Waals surface area contributed by atoms with Crippen LogP contribution >= 0.6 is 35.4 Å². The maximum atomic E-state index is 12.2. The summed E-state index contributed by atoms with van der Waals surface area (Å²) in [6.45, 7) is 9.41. The minimum Gasteiger partial charge on any atom is -0.333 e. The predicted molar refractivity (Wildman–Crippen MR) is 92.7 cm³/mol. The normalized spacial score (nSPS) is 22.3. The second-order valence-electron chi connectivity index (χ2n) is 6.93. The summed E-state index contributed by atoms with van der Waals surface area (Å²) in [5, 5.41) is 7.59. The van der Waals surface area contributed by atoms with Gasteiger partial charge in [-0.3, -0.25) is 10.1 Å². The first-order chi connectivity index (χ1) is 9.84. The second kappa shape index (κ2) is 6.72. The first kappa shape index (κ1) is 19.2. The molecule has 0 aliphatic heterocycles. The van der Waals surface area contributed by atoms with Gasteiger partial charge in [0.2, 0.25) is 5.91 Å². The highest BCUT2D eigenvalue weighted by Gasteiger charge is 2.60. The molecule has 0 aromatic carbocycles. The topological polar surface area (TPSA) is 70.2 Å². The van der Waals surface area contributed by atoms with Crippen LogP contribution in [0.15, 0.2) is 10.6 Å². The molecular formula is C14H21Cl2N3O2S. The number of carbonyl (C=O) groups excluding carboxylic acids is 2. The van der Waals surface area contributed by atoms with E-state index in [-0.39, 0.29) is 32.8 Å². The molecule has 1 rings (SSSR count). The Labute approximate surface area is 146 Å². The summed E-state index contributed by atoms with van der Waals surface area (Å²) in [5.74, 6) is -0.601. The van der Waals surface area contributed by atoms with E-state index in [4.69, 9.17) is 35.4 Å². The van der Waals surface area contributed by atoms with Crippen molar-refractivity contribution in [3.05, 3.63) is 10.6 Å². The smallest absolute Gasteiger partial charge is 0.321 e. The van der Waals surface area contributed by atoms with Crippen LogP contribution in [0.2, 0.25) is 0 Å². The number of halogens is 2. The van der Waals surface area contributed by atoms with Crippen molar-refractivity contribution in [1.82, 2.24) is 16.0 Å². The summed E-state index contributed by atoms with van der Waals surface area (Å²) >= 11 is 16.3. The van der Waals surface area contributed by atoms with Gasteiger partial charge in [-0.1, -0.05) is 37.0 Å². The van der Waals surface area contributed by atoms with Crippen molar-refractivity contribution in [1.29, 1.82) is 0 Å². The van der Waals surface area contributed by atoms with E-state index in [1.165, 1.54) is 0 Å². The molecule has 2 atom stereocenters. The molecule has 124 valence electrons. The molecule has 0 spiro atoms. The Morgan fingerprint density at radius 3 is 2.18 bits per heavy atom. The van der Waals surface area contributed by atoms with Crippen LogP contribution in [0.3, 0.4) is 0 Å². The van der Waals surface area contributed by atoms with Crippen molar-refractivity contribution in [3.8, 4) is 0 Å². The van der Waals surface area contributed by atoms with Crippen LogP contribution in [-0.4, -0.2) is 22.6 Å². The van der Waals surface area contributed by atoms with E-state index in [1.807, 2.05) is 34.6 Å². The summed E-state index contributed by atoms with van der Waals surface area (Å²) in [6.07, 6.45) is 1.65. The highest BCUT2D eigenvalue weighted by molar-refractivity contribution is 7.80. The van der Waals surface area contributed by atoms with Gasteiger partial charge in [-0.15, -0.1) is 0 Å². The molecule has 0 aromatic rings. The van der Waals surface area contributed by atoms with Gasteiger partial charge in [0.25, 0.3) is 0 Å². The van der Waals surface area contributed by atoms with E-state index in [1.54, 1.807) is 6.08 Å². The summed E-state index contributed by atoms with van der Waals surface area (Å²) in [5.41, 5.74) is -0.641.